The number of aryl methyl sites for hydroxylation is 1. The lowest BCUT2D eigenvalue weighted by Gasteiger charge is -2.01. The van der Waals surface area contributed by atoms with Gasteiger partial charge in [0.25, 0.3) is 0 Å². The van der Waals surface area contributed by atoms with Gasteiger partial charge in [-0.3, -0.25) is 4.68 Å². The van der Waals surface area contributed by atoms with Crippen LogP contribution in [-0.4, -0.2) is 33.8 Å². The number of hydrogen-bond donors (Lipinski definition) is 1. The molecule has 0 saturated heterocycles. The molecule has 15 heavy (non-hydrogen) atoms. The van der Waals surface area contributed by atoms with Crippen molar-refractivity contribution in [3.8, 4) is 0 Å². The number of rotatable bonds is 7. The molecule has 1 unspecified atom stereocenters. The Balaban J connectivity index is 2.33. The smallest absolute Gasteiger partial charge is 0.111 e. The molecule has 0 spiro atoms. The highest BCUT2D eigenvalue weighted by Gasteiger charge is 2.08. The minimum absolute atomic E-state index is 0.488. The zero-order valence-electron chi connectivity index (χ0n) is 9.39. The van der Waals surface area contributed by atoms with Gasteiger partial charge in [0.05, 0.1) is 12.3 Å². The second-order valence-electron chi connectivity index (χ2n) is 3.53. The van der Waals surface area contributed by atoms with Crippen LogP contribution in [0.15, 0.2) is 6.20 Å². The minimum Gasteiger partial charge on any atom is -0.387 e. The van der Waals surface area contributed by atoms with E-state index in [9.17, 15) is 5.11 Å². The van der Waals surface area contributed by atoms with Gasteiger partial charge in [-0.2, -0.15) is 0 Å². The third kappa shape index (κ3) is 3.97. The minimum atomic E-state index is -0.488. The number of aliphatic hydroxyl groups is 1. The van der Waals surface area contributed by atoms with Gasteiger partial charge in [0, 0.05) is 20.3 Å². The summed E-state index contributed by atoms with van der Waals surface area (Å²) in [5, 5.41) is 17.4. The largest absolute Gasteiger partial charge is 0.387 e. The standard InChI is InChI=1S/C10H19N3O2/c1-3-10(14)9-8-13(12-11-9)6-4-5-7-15-2/h8,10,14H,3-7H2,1-2H3. The molecule has 0 aliphatic carbocycles. The predicted molar refractivity (Wildman–Crippen MR) is 56.4 cm³/mol. The number of aromatic nitrogens is 3. The summed E-state index contributed by atoms with van der Waals surface area (Å²) in [4.78, 5) is 0. The van der Waals surface area contributed by atoms with Crippen molar-refractivity contribution in [3.63, 3.8) is 0 Å². The maximum Gasteiger partial charge on any atom is 0.111 e. The van der Waals surface area contributed by atoms with E-state index >= 15 is 0 Å². The Hall–Kier alpha value is -0.940. The maximum atomic E-state index is 9.52. The number of nitrogens with zero attached hydrogens (tertiary/aromatic N) is 3. The van der Waals surface area contributed by atoms with Crippen LogP contribution in [0.1, 0.15) is 38.0 Å². The lowest BCUT2D eigenvalue weighted by molar-refractivity contribution is 0.168. The highest BCUT2D eigenvalue weighted by molar-refractivity contribution is 4.96. The van der Waals surface area contributed by atoms with Gasteiger partial charge < -0.3 is 9.84 Å². The second-order valence-corrected chi connectivity index (χ2v) is 3.53. The van der Waals surface area contributed by atoms with Gasteiger partial charge in [0.2, 0.25) is 0 Å². The van der Waals surface area contributed by atoms with Crippen LogP contribution in [0.25, 0.3) is 0 Å². The van der Waals surface area contributed by atoms with Gasteiger partial charge in [0.15, 0.2) is 0 Å². The highest BCUT2D eigenvalue weighted by atomic mass is 16.5. The first kappa shape index (κ1) is 12.1. The molecule has 0 saturated carbocycles. The van der Waals surface area contributed by atoms with Crippen LogP contribution in [-0.2, 0) is 11.3 Å². The summed E-state index contributed by atoms with van der Waals surface area (Å²) in [5.41, 5.74) is 0.657. The molecule has 5 nitrogen and oxygen atoms in total. The van der Waals surface area contributed by atoms with Crippen LogP contribution in [0.3, 0.4) is 0 Å². The third-order valence-electron chi connectivity index (χ3n) is 2.27. The molecule has 1 aromatic rings. The molecule has 1 N–H and O–H groups in total. The summed E-state index contributed by atoms with van der Waals surface area (Å²) in [7, 11) is 1.70. The van der Waals surface area contributed by atoms with E-state index in [1.54, 1.807) is 18.0 Å². The average Bonchev–Trinajstić information content (AvgIpc) is 2.72. The van der Waals surface area contributed by atoms with E-state index in [2.05, 4.69) is 10.3 Å². The summed E-state index contributed by atoms with van der Waals surface area (Å²) in [6.07, 6.45) is 4.02. The molecule has 0 aliphatic rings. The number of ether oxygens (including phenoxy) is 1. The van der Waals surface area contributed by atoms with E-state index < -0.39 is 6.10 Å². The van der Waals surface area contributed by atoms with Gasteiger partial charge in [-0.15, -0.1) is 5.10 Å². The summed E-state index contributed by atoms with van der Waals surface area (Å²) in [6, 6.07) is 0. The quantitative estimate of drug-likeness (QED) is 0.690. The van der Waals surface area contributed by atoms with Crippen molar-refractivity contribution in [2.24, 2.45) is 0 Å². The molecule has 1 atom stereocenters. The SMILES string of the molecule is CCC(O)c1cn(CCCCOC)nn1. The fourth-order valence-corrected chi connectivity index (χ4v) is 1.30. The maximum absolute atomic E-state index is 9.52. The lowest BCUT2D eigenvalue weighted by atomic mass is 10.2. The molecule has 0 radical (unpaired) electrons. The van der Waals surface area contributed by atoms with Gasteiger partial charge in [-0.25, -0.2) is 0 Å². The van der Waals surface area contributed by atoms with Gasteiger partial charge in [-0.1, -0.05) is 12.1 Å². The summed E-state index contributed by atoms with van der Waals surface area (Å²) < 4.78 is 6.72. The first-order valence-corrected chi connectivity index (χ1v) is 5.35. The molecular weight excluding hydrogens is 194 g/mol. The highest BCUT2D eigenvalue weighted by Crippen LogP contribution is 2.11. The van der Waals surface area contributed by atoms with Crippen LogP contribution in [0.5, 0.6) is 0 Å². The van der Waals surface area contributed by atoms with Crippen molar-refractivity contribution in [2.75, 3.05) is 13.7 Å². The normalized spacial score (nSPS) is 13.0. The van der Waals surface area contributed by atoms with Crippen molar-refractivity contribution in [1.82, 2.24) is 15.0 Å². The van der Waals surface area contributed by atoms with Gasteiger partial charge in [0.1, 0.15) is 5.69 Å². The molecule has 1 rings (SSSR count). The van der Waals surface area contributed by atoms with Crippen LogP contribution in [0.2, 0.25) is 0 Å². The predicted octanol–water partition coefficient (Wildman–Crippen LogP) is 1.15. The van der Waals surface area contributed by atoms with Crippen LogP contribution in [0, 0.1) is 0 Å². The zero-order valence-corrected chi connectivity index (χ0v) is 9.39. The molecule has 0 bridgehead atoms. The Morgan fingerprint density at radius 2 is 2.33 bits per heavy atom. The van der Waals surface area contributed by atoms with Crippen molar-refractivity contribution in [3.05, 3.63) is 11.9 Å². The first-order valence-electron chi connectivity index (χ1n) is 5.35. The van der Waals surface area contributed by atoms with Crippen LogP contribution in [0.4, 0.5) is 0 Å². The Morgan fingerprint density at radius 1 is 1.53 bits per heavy atom. The average molecular weight is 213 g/mol. The van der Waals surface area contributed by atoms with Crippen molar-refractivity contribution < 1.29 is 9.84 Å². The summed E-state index contributed by atoms with van der Waals surface area (Å²) in [5.74, 6) is 0. The third-order valence-corrected chi connectivity index (χ3v) is 2.27. The Morgan fingerprint density at radius 3 is 3.00 bits per heavy atom. The first-order chi connectivity index (χ1) is 7.27. The van der Waals surface area contributed by atoms with Crippen LogP contribution < -0.4 is 0 Å². The molecule has 1 heterocycles. The molecule has 0 aliphatic heterocycles. The number of hydrogen-bond acceptors (Lipinski definition) is 4. The van der Waals surface area contributed by atoms with E-state index in [1.165, 1.54) is 0 Å². The van der Waals surface area contributed by atoms with E-state index in [0.29, 0.717) is 12.1 Å². The van der Waals surface area contributed by atoms with Crippen molar-refractivity contribution in [2.45, 2.75) is 38.8 Å². The molecule has 0 amide bonds. The summed E-state index contributed by atoms with van der Waals surface area (Å²) in [6.45, 7) is 3.52. The Bertz CT molecular complexity index is 275. The lowest BCUT2D eigenvalue weighted by Crippen LogP contribution is -2.00. The van der Waals surface area contributed by atoms with E-state index in [4.69, 9.17) is 4.74 Å². The van der Waals surface area contributed by atoms with Crippen molar-refractivity contribution in [1.29, 1.82) is 0 Å². The van der Waals surface area contributed by atoms with Gasteiger partial charge in [-0.05, 0) is 19.3 Å². The fraction of sp³-hybridized carbons (Fsp3) is 0.800. The Kier molecular flexibility index (Phi) is 5.28. The second kappa shape index (κ2) is 6.53. The topological polar surface area (TPSA) is 60.2 Å². The molecule has 86 valence electrons. The van der Waals surface area contributed by atoms with Crippen molar-refractivity contribution >= 4 is 0 Å². The van der Waals surface area contributed by atoms with E-state index in [0.717, 1.165) is 26.0 Å². The summed E-state index contributed by atoms with van der Waals surface area (Å²) >= 11 is 0. The van der Waals surface area contributed by atoms with Gasteiger partial charge >= 0.3 is 0 Å². The number of methoxy groups -OCH3 is 1. The molecule has 0 aromatic carbocycles. The van der Waals surface area contributed by atoms with E-state index in [1.807, 2.05) is 6.92 Å². The zero-order chi connectivity index (χ0) is 11.1. The molecule has 1 aromatic heterocycles. The molecule has 0 fully saturated rings. The van der Waals surface area contributed by atoms with E-state index in [-0.39, 0.29) is 0 Å². The van der Waals surface area contributed by atoms with Crippen LogP contribution >= 0.6 is 0 Å². The molecular formula is C10H19N3O2. The monoisotopic (exact) mass is 213 g/mol. The number of unbranched alkanes of at least 4 members (excludes halogenated alkanes) is 1. The fourth-order valence-electron chi connectivity index (χ4n) is 1.30. The molecule has 5 heteroatoms. The Labute approximate surface area is 90.1 Å². The number of aliphatic hydroxyl groups excluding tert-OH is 1.